The van der Waals surface area contributed by atoms with Crippen LogP contribution in [0.4, 0.5) is 0 Å². The van der Waals surface area contributed by atoms with E-state index in [1.54, 1.807) is 0 Å². The Balaban J connectivity index is 2.35. The number of carbonyl (C=O) groups excluding carboxylic acids is 2. The predicted molar refractivity (Wildman–Crippen MR) is 45.6 cm³/mol. The van der Waals surface area contributed by atoms with E-state index in [0.29, 0.717) is 18.7 Å². The molecule has 0 radical (unpaired) electrons. The summed E-state index contributed by atoms with van der Waals surface area (Å²) in [6, 6.07) is 0. The van der Waals surface area contributed by atoms with Crippen LogP contribution in [-0.4, -0.2) is 18.6 Å². The fraction of sp³-hybridized carbons (Fsp3) is 0.778. The van der Waals surface area contributed by atoms with Crippen LogP contribution in [0.5, 0.6) is 0 Å². The number of aldehydes is 1. The van der Waals surface area contributed by atoms with E-state index in [9.17, 15) is 9.59 Å². The zero-order valence-electron chi connectivity index (χ0n) is 7.16. The molecule has 0 atom stereocenters. The molecule has 0 aromatic carbocycles. The van der Waals surface area contributed by atoms with Crippen molar-refractivity contribution < 1.29 is 9.59 Å². The number of nitrogens with two attached hydrogens (primary N) is 1. The van der Waals surface area contributed by atoms with Gasteiger partial charge in [0.1, 0.15) is 0 Å². The van der Waals surface area contributed by atoms with Gasteiger partial charge < -0.3 is 5.73 Å². The minimum Gasteiger partial charge on any atom is -0.330 e. The lowest BCUT2D eigenvalue weighted by Crippen LogP contribution is -2.26. The predicted octanol–water partition coefficient (Wildman–Crippen LogP) is 0.520. The van der Waals surface area contributed by atoms with Crippen LogP contribution in [0.3, 0.4) is 0 Å². The average Bonchev–Trinajstić information content (AvgIpc) is 2.17. The number of Topliss-reactive ketones (excluding diaryl/α,β-unsaturated/α-hetero) is 1. The van der Waals surface area contributed by atoms with Crippen molar-refractivity contribution in [2.75, 3.05) is 6.54 Å². The van der Waals surface area contributed by atoms with Crippen molar-refractivity contribution in [2.45, 2.75) is 25.7 Å². The van der Waals surface area contributed by atoms with E-state index in [1.807, 2.05) is 0 Å². The molecule has 0 amide bonds. The molecule has 0 bridgehead atoms. The molecule has 0 saturated heterocycles. The highest BCUT2D eigenvalue weighted by Gasteiger charge is 2.24. The number of carbonyl (C=O) groups is 2. The summed E-state index contributed by atoms with van der Waals surface area (Å²) in [7, 11) is 0. The normalized spacial score (nSPS) is 29.8. The molecular weight excluding hydrogens is 154 g/mol. The smallest absolute Gasteiger partial charge is 0.198 e. The number of ketones is 1. The molecular formula is C9H15NO2. The first kappa shape index (κ1) is 9.39. The lowest BCUT2D eigenvalue weighted by Gasteiger charge is -2.25. The van der Waals surface area contributed by atoms with Gasteiger partial charge in [0.05, 0.1) is 0 Å². The van der Waals surface area contributed by atoms with Gasteiger partial charge in [-0.3, -0.25) is 9.59 Å². The van der Waals surface area contributed by atoms with Crippen molar-refractivity contribution in [3.05, 3.63) is 0 Å². The highest BCUT2D eigenvalue weighted by Crippen LogP contribution is 2.28. The second-order valence-electron chi connectivity index (χ2n) is 3.47. The van der Waals surface area contributed by atoms with Crippen molar-refractivity contribution in [1.29, 1.82) is 0 Å². The second-order valence-corrected chi connectivity index (χ2v) is 3.47. The highest BCUT2D eigenvalue weighted by molar-refractivity contribution is 6.25. The summed E-state index contributed by atoms with van der Waals surface area (Å²) in [5.74, 6) is 0.330. The van der Waals surface area contributed by atoms with Crippen LogP contribution in [0.2, 0.25) is 0 Å². The van der Waals surface area contributed by atoms with Gasteiger partial charge in [0.25, 0.3) is 0 Å². The minimum absolute atomic E-state index is 0.00898. The topological polar surface area (TPSA) is 60.2 Å². The fourth-order valence-electron chi connectivity index (χ4n) is 1.78. The largest absolute Gasteiger partial charge is 0.330 e. The van der Waals surface area contributed by atoms with Crippen LogP contribution in [0.15, 0.2) is 0 Å². The van der Waals surface area contributed by atoms with Crippen molar-refractivity contribution in [3.63, 3.8) is 0 Å². The lowest BCUT2D eigenvalue weighted by atomic mass is 9.80. The van der Waals surface area contributed by atoms with Gasteiger partial charge in [-0.25, -0.2) is 0 Å². The Hall–Kier alpha value is -0.700. The van der Waals surface area contributed by atoms with E-state index >= 15 is 0 Å². The number of hydrogen-bond donors (Lipinski definition) is 1. The van der Waals surface area contributed by atoms with Crippen molar-refractivity contribution in [2.24, 2.45) is 17.6 Å². The number of rotatable bonds is 3. The Morgan fingerprint density at radius 1 is 1.33 bits per heavy atom. The van der Waals surface area contributed by atoms with Gasteiger partial charge in [0.15, 0.2) is 12.1 Å². The highest BCUT2D eigenvalue weighted by atomic mass is 16.2. The Morgan fingerprint density at radius 2 is 1.92 bits per heavy atom. The summed E-state index contributed by atoms with van der Waals surface area (Å²) < 4.78 is 0. The van der Waals surface area contributed by atoms with Gasteiger partial charge in [-0.2, -0.15) is 0 Å². The van der Waals surface area contributed by atoms with Crippen molar-refractivity contribution in [1.82, 2.24) is 0 Å². The minimum atomic E-state index is -0.231. The van der Waals surface area contributed by atoms with E-state index in [1.165, 1.54) is 0 Å². The van der Waals surface area contributed by atoms with Crippen molar-refractivity contribution in [3.8, 4) is 0 Å². The second kappa shape index (κ2) is 4.36. The van der Waals surface area contributed by atoms with E-state index in [4.69, 9.17) is 5.73 Å². The standard InChI is InChI=1S/C9H15NO2/c10-5-7-1-3-8(4-2-7)9(12)6-11/h6-8H,1-5,10H2. The third kappa shape index (κ3) is 2.14. The van der Waals surface area contributed by atoms with Crippen LogP contribution in [0.25, 0.3) is 0 Å². The third-order valence-corrected chi connectivity index (χ3v) is 2.70. The Bertz CT molecular complexity index is 171. The van der Waals surface area contributed by atoms with Gasteiger partial charge >= 0.3 is 0 Å². The van der Waals surface area contributed by atoms with Gasteiger partial charge in [-0.1, -0.05) is 0 Å². The maximum absolute atomic E-state index is 11.0. The Morgan fingerprint density at radius 3 is 2.33 bits per heavy atom. The first-order chi connectivity index (χ1) is 5.77. The molecule has 1 aliphatic rings. The fourth-order valence-corrected chi connectivity index (χ4v) is 1.78. The summed E-state index contributed by atoms with van der Waals surface area (Å²) in [4.78, 5) is 21.1. The van der Waals surface area contributed by atoms with Crippen LogP contribution >= 0.6 is 0 Å². The van der Waals surface area contributed by atoms with E-state index in [-0.39, 0.29) is 11.7 Å². The zero-order valence-corrected chi connectivity index (χ0v) is 7.16. The quantitative estimate of drug-likeness (QED) is 0.495. The summed E-state index contributed by atoms with van der Waals surface area (Å²) >= 11 is 0. The molecule has 1 rings (SSSR count). The molecule has 0 spiro atoms. The first-order valence-corrected chi connectivity index (χ1v) is 4.47. The molecule has 2 N–H and O–H groups in total. The lowest BCUT2D eigenvalue weighted by molar-refractivity contribution is -0.133. The van der Waals surface area contributed by atoms with E-state index in [0.717, 1.165) is 25.7 Å². The van der Waals surface area contributed by atoms with Crippen LogP contribution in [0.1, 0.15) is 25.7 Å². The third-order valence-electron chi connectivity index (χ3n) is 2.70. The monoisotopic (exact) mass is 169 g/mol. The molecule has 1 saturated carbocycles. The Kier molecular flexibility index (Phi) is 3.41. The van der Waals surface area contributed by atoms with Gasteiger partial charge in [-0.05, 0) is 38.1 Å². The molecule has 3 heteroatoms. The summed E-state index contributed by atoms with van der Waals surface area (Å²) in [6.45, 7) is 0.710. The van der Waals surface area contributed by atoms with E-state index in [2.05, 4.69) is 0 Å². The van der Waals surface area contributed by atoms with Crippen LogP contribution < -0.4 is 5.73 Å². The van der Waals surface area contributed by atoms with Crippen LogP contribution in [-0.2, 0) is 9.59 Å². The number of hydrogen-bond acceptors (Lipinski definition) is 3. The summed E-state index contributed by atoms with van der Waals surface area (Å²) in [6.07, 6.45) is 4.15. The molecule has 12 heavy (non-hydrogen) atoms. The van der Waals surface area contributed by atoms with Gasteiger partial charge in [-0.15, -0.1) is 0 Å². The van der Waals surface area contributed by atoms with Crippen LogP contribution in [0, 0.1) is 11.8 Å². The molecule has 0 aromatic heterocycles. The first-order valence-electron chi connectivity index (χ1n) is 4.47. The maximum Gasteiger partial charge on any atom is 0.198 e. The van der Waals surface area contributed by atoms with Gasteiger partial charge in [0.2, 0.25) is 0 Å². The molecule has 68 valence electrons. The summed E-state index contributed by atoms with van der Waals surface area (Å²) in [5.41, 5.74) is 5.50. The summed E-state index contributed by atoms with van der Waals surface area (Å²) in [5, 5.41) is 0. The van der Waals surface area contributed by atoms with Gasteiger partial charge in [0, 0.05) is 5.92 Å². The molecule has 3 nitrogen and oxygen atoms in total. The molecule has 0 unspecified atom stereocenters. The molecule has 0 heterocycles. The average molecular weight is 169 g/mol. The molecule has 0 aliphatic heterocycles. The maximum atomic E-state index is 11.0. The Labute approximate surface area is 72.3 Å². The molecule has 0 aromatic rings. The SMILES string of the molecule is NCC1CCC(C(=O)C=O)CC1. The molecule has 1 aliphatic carbocycles. The zero-order chi connectivity index (χ0) is 8.97. The molecule has 1 fully saturated rings. The van der Waals surface area contributed by atoms with E-state index < -0.39 is 0 Å². The van der Waals surface area contributed by atoms with Crippen molar-refractivity contribution >= 4 is 12.1 Å².